The topological polar surface area (TPSA) is 164 Å². The molecule has 4 heterocycles. The van der Waals surface area contributed by atoms with Gasteiger partial charge in [0.2, 0.25) is 27.7 Å². The molecule has 2 saturated heterocycles. The van der Waals surface area contributed by atoms with Crippen LogP contribution in [0, 0.1) is 11.8 Å². The van der Waals surface area contributed by atoms with E-state index >= 15 is 0 Å². The van der Waals surface area contributed by atoms with E-state index in [1.54, 1.807) is 25.3 Å². The van der Waals surface area contributed by atoms with Crippen LogP contribution in [0.4, 0.5) is 8.78 Å². The number of ether oxygens (including phenoxy) is 2. The quantitative estimate of drug-likeness (QED) is 0.278. The summed E-state index contributed by atoms with van der Waals surface area (Å²) in [5, 5.41) is 2.88. The smallest absolute Gasteiger partial charge is 0.267 e. The molecule has 2 aromatic carbocycles. The van der Waals surface area contributed by atoms with E-state index < -0.39 is 87.3 Å². The standard InChI is InChI=1S/C43H49F2N5O8S/c1-57-30-14-17-33-35(21-30)46-34(27-10-7-5-8-11-27)23-37(33)58-31-22-36-39(52)47-43(41(54)48-59(55,56)32-15-16-32)24-29(43)13-9-4-2-3-6-12-28(40(53)50(36)25-31)20-38(51)49-19-18-42(44,45)26-49/h5,7-11,13-14,17,21,23,28-29,31-32,36H,2-4,6,12,15-16,18-20,22,24-26H2,1H3,(H,47,52)(H,48,54)/t28-,29-,31-,36+,43-/m1/s1. The summed E-state index contributed by atoms with van der Waals surface area (Å²) in [6.07, 6.45) is 6.37. The van der Waals surface area contributed by atoms with Crippen LogP contribution in [0.2, 0.25) is 0 Å². The lowest BCUT2D eigenvalue weighted by atomic mass is 9.94. The van der Waals surface area contributed by atoms with Gasteiger partial charge in [0.25, 0.3) is 11.8 Å². The van der Waals surface area contributed by atoms with Gasteiger partial charge in [-0.25, -0.2) is 22.2 Å². The number of methoxy groups -OCH3 is 1. The van der Waals surface area contributed by atoms with Gasteiger partial charge in [0, 0.05) is 60.7 Å². The zero-order valence-corrected chi connectivity index (χ0v) is 33.7. The van der Waals surface area contributed by atoms with Gasteiger partial charge in [-0.1, -0.05) is 55.3 Å². The number of halogens is 2. The van der Waals surface area contributed by atoms with Crippen LogP contribution in [0.1, 0.15) is 70.6 Å². The van der Waals surface area contributed by atoms with Crippen molar-refractivity contribution in [3.63, 3.8) is 0 Å². The molecular formula is C43H49F2N5O8S. The Morgan fingerprint density at radius 2 is 1.83 bits per heavy atom. The Hall–Kier alpha value is -5.12. The highest BCUT2D eigenvalue weighted by Gasteiger charge is 2.62. The molecule has 0 bridgehead atoms. The number of nitrogens with zero attached hydrogens (tertiary/aromatic N) is 3. The molecule has 0 radical (unpaired) electrons. The highest BCUT2D eigenvalue weighted by Crippen LogP contribution is 2.46. The van der Waals surface area contributed by atoms with Crippen molar-refractivity contribution in [2.24, 2.45) is 11.8 Å². The van der Waals surface area contributed by atoms with Crippen LogP contribution < -0.4 is 19.5 Å². The summed E-state index contributed by atoms with van der Waals surface area (Å²) in [5.74, 6) is -5.84. The number of aromatic nitrogens is 1. The fourth-order valence-electron chi connectivity index (χ4n) is 8.61. The lowest BCUT2D eigenvalue weighted by Crippen LogP contribution is -2.57. The van der Waals surface area contributed by atoms with Crippen LogP contribution in [0.15, 0.2) is 66.7 Å². The van der Waals surface area contributed by atoms with Crippen molar-refractivity contribution in [3.05, 3.63) is 66.7 Å². The zero-order chi connectivity index (χ0) is 41.5. The van der Waals surface area contributed by atoms with Crippen LogP contribution in [0.5, 0.6) is 11.5 Å². The number of amides is 4. The number of benzene rings is 2. The molecule has 16 heteroatoms. The lowest BCUT2D eigenvalue weighted by Gasteiger charge is -2.30. The van der Waals surface area contributed by atoms with Crippen molar-refractivity contribution < 1.29 is 45.9 Å². The van der Waals surface area contributed by atoms with Crippen molar-refractivity contribution in [2.45, 2.75) is 99.5 Å². The van der Waals surface area contributed by atoms with Crippen molar-refractivity contribution in [2.75, 3.05) is 26.7 Å². The Labute approximate surface area is 341 Å². The molecule has 59 heavy (non-hydrogen) atoms. The predicted octanol–water partition coefficient (Wildman–Crippen LogP) is 5.14. The molecule has 3 aliphatic heterocycles. The van der Waals surface area contributed by atoms with E-state index in [-0.39, 0.29) is 32.4 Å². The SMILES string of the molecule is COc1ccc2c(O[C@@H]3C[C@H]4C(=O)N[C@]5(C(=O)NS(=O)(=O)C6CC6)C[C@H]5C=CCCCCC[C@H](CC(=O)N5CCC(F)(F)C5)C(=O)N4C3)cc(-c3ccccc3)nc2c1. The van der Waals surface area contributed by atoms with Gasteiger partial charge in [-0.2, -0.15) is 0 Å². The van der Waals surface area contributed by atoms with Crippen LogP contribution in [-0.4, -0.2) is 102 Å². The highest BCUT2D eigenvalue weighted by molar-refractivity contribution is 7.91. The molecule has 4 fully saturated rings. The first kappa shape index (κ1) is 40.7. The number of sulfonamides is 1. The average molecular weight is 834 g/mol. The van der Waals surface area contributed by atoms with Crippen molar-refractivity contribution >= 4 is 44.6 Å². The maximum atomic E-state index is 14.8. The molecule has 2 saturated carbocycles. The van der Waals surface area contributed by atoms with Gasteiger partial charge in [0.05, 0.1) is 36.7 Å². The number of hydrogen-bond donors (Lipinski definition) is 2. The number of likely N-dealkylation sites (tertiary alicyclic amines) is 1. The number of fused-ring (bicyclic) bond motifs is 3. The Bertz CT molecular complexity index is 2270. The molecule has 2 aliphatic carbocycles. The Kier molecular flexibility index (Phi) is 11.1. The van der Waals surface area contributed by atoms with Crippen LogP contribution >= 0.6 is 0 Å². The first-order valence-electron chi connectivity index (χ1n) is 20.5. The Morgan fingerprint density at radius 3 is 2.56 bits per heavy atom. The number of pyridine rings is 1. The summed E-state index contributed by atoms with van der Waals surface area (Å²) < 4.78 is 68.6. The van der Waals surface area contributed by atoms with Gasteiger partial charge in [-0.15, -0.1) is 0 Å². The zero-order valence-electron chi connectivity index (χ0n) is 32.9. The Morgan fingerprint density at radius 1 is 1.03 bits per heavy atom. The minimum absolute atomic E-state index is 0.00973. The predicted molar refractivity (Wildman–Crippen MR) is 214 cm³/mol. The number of nitrogens with one attached hydrogen (secondary N) is 2. The average Bonchev–Trinajstić information content (AvgIpc) is 4.12. The third kappa shape index (κ3) is 8.78. The normalized spacial score (nSPS) is 27.2. The number of carbonyl (C=O) groups is 4. The fraction of sp³-hybridized carbons (Fsp3) is 0.512. The van der Waals surface area contributed by atoms with Crippen molar-refractivity contribution in [3.8, 4) is 22.8 Å². The second-order valence-electron chi connectivity index (χ2n) is 16.6. The van der Waals surface area contributed by atoms with Crippen molar-refractivity contribution in [1.82, 2.24) is 24.8 Å². The number of alkyl halides is 2. The van der Waals surface area contributed by atoms with E-state index in [0.29, 0.717) is 60.2 Å². The van der Waals surface area contributed by atoms with Gasteiger partial charge >= 0.3 is 0 Å². The number of hydrogen-bond acceptors (Lipinski definition) is 9. The van der Waals surface area contributed by atoms with Crippen LogP contribution in [-0.2, 0) is 29.2 Å². The minimum atomic E-state index is -3.93. The second kappa shape index (κ2) is 16.1. The third-order valence-corrected chi connectivity index (χ3v) is 14.1. The fourth-order valence-corrected chi connectivity index (χ4v) is 9.97. The van der Waals surface area contributed by atoms with Gasteiger partial charge in [0.1, 0.15) is 29.2 Å². The summed E-state index contributed by atoms with van der Waals surface area (Å²) in [6, 6.07) is 15.5. The Balaban J connectivity index is 1.12. The molecule has 13 nitrogen and oxygen atoms in total. The molecular weight excluding hydrogens is 785 g/mol. The number of carbonyl (C=O) groups excluding carboxylic acids is 4. The summed E-state index contributed by atoms with van der Waals surface area (Å²) in [7, 11) is -2.38. The molecule has 8 rings (SSSR count). The van der Waals surface area contributed by atoms with E-state index in [1.165, 1.54) is 4.90 Å². The summed E-state index contributed by atoms with van der Waals surface area (Å²) in [4.78, 5) is 64.0. The summed E-state index contributed by atoms with van der Waals surface area (Å²) in [6.45, 7) is -0.868. The minimum Gasteiger partial charge on any atom is -0.497 e. The summed E-state index contributed by atoms with van der Waals surface area (Å²) in [5.41, 5.74) is 0.496. The maximum Gasteiger partial charge on any atom is 0.267 e. The van der Waals surface area contributed by atoms with E-state index in [2.05, 4.69) is 10.0 Å². The molecule has 2 N–H and O–H groups in total. The molecule has 5 aliphatic rings. The highest BCUT2D eigenvalue weighted by atomic mass is 32.2. The summed E-state index contributed by atoms with van der Waals surface area (Å²) >= 11 is 0. The molecule has 314 valence electrons. The van der Waals surface area contributed by atoms with E-state index in [4.69, 9.17) is 14.5 Å². The van der Waals surface area contributed by atoms with Gasteiger partial charge in [-0.3, -0.25) is 23.9 Å². The maximum absolute atomic E-state index is 14.8. The van der Waals surface area contributed by atoms with Crippen LogP contribution in [0.3, 0.4) is 0 Å². The molecule has 3 aromatic rings. The number of allylic oxidation sites excluding steroid dienone is 1. The molecule has 0 unspecified atom stereocenters. The lowest BCUT2D eigenvalue weighted by molar-refractivity contribution is -0.145. The molecule has 1 aromatic heterocycles. The van der Waals surface area contributed by atoms with E-state index in [0.717, 1.165) is 23.3 Å². The first-order chi connectivity index (χ1) is 28.2. The first-order valence-corrected chi connectivity index (χ1v) is 22.0. The van der Waals surface area contributed by atoms with Gasteiger partial charge < -0.3 is 24.6 Å². The van der Waals surface area contributed by atoms with Gasteiger partial charge in [-0.05, 0) is 50.7 Å². The van der Waals surface area contributed by atoms with Crippen molar-refractivity contribution in [1.29, 1.82) is 0 Å². The molecule has 5 atom stereocenters. The number of rotatable bonds is 9. The van der Waals surface area contributed by atoms with E-state index in [1.807, 2.05) is 48.6 Å². The van der Waals surface area contributed by atoms with Gasteiger partial charge in [0.15, 0.2) is 0 Å². The van der Waals surface area contributed by atoms with E-state index in [9.17, 15) is 36.4 Å². The third-order valence-electron chi connectivity index (χ3n) is 12.2. The molecule has 0 spiro atoms. The second-order valence-corrected chi connectivity index (χ2v) is 18.5. The monoisotopic (exact) mass is 833 g/mol. The van der Waals surface area contributed by atoms with Crippen LogP contribution in [0.25, 0.3) is 22.2 Å². The largest absolute Gasteiger partial charge is 0.497 e. The molecule has 4 amide bonds.